The van der Waals surface area contributed by atoms with E-state index in [1.165, 1.54) is 11.1 Å². The smallest absolute Gasteiger partial charge is 0.220 e. The topological polar surface area (TPSA) is 53.1 Å². The van der Waals surface area contributed by atoms with E-state index < -0.39 is 0 Å². The van der Waals surface area contributed by atoms with Gasteiger partial charge in [0.15, 0.2) is 0 Å². The van der Waals surface area contributed by atoms with E-state index in [9.17, 15) is 0 Å². The minimum atomic E-state index is 0. The summed E-state index contributed by atoms with van der Waals surface area (Å²) in [5.74, 6) is 0.678. The summed E-state index contributed by atoms with van der Waals surface area (Å²) in [7, 11) is 0. The molecule has 0 fully saturated rings. The van der Waals surface area contributed by atoms with Crippen LogP contribution in [0.3, 0.4) is 0 Å². The van der Waals surface area contributed by atoms with Crippen LogP contribution >= 0.6 is 12.4 Å². The van der Waals surface area contributed by atoms with Crippen LogP contribution in [0.2, 0.25) is 0 Å². The highest BCUT2D eigenvalue weighted by Crippen LogP contribution is 2.21. The zero-order valence-electron chi connectivity index (χ0n) is 9.18. The highest BCUT2D eigenvalue weighted by Gasteiger charge is 2.16. The molecule has 88 valence electrons. The third kappa shape index (κ3) is 2.31. The largest absolute Gasteiger partial charge is 0.330 e. The standard InChI is InChI=1S/C12H12N4.ClH/c1-2-4-10-9(3-1)5-6-11(10)15-16-12-13-7-8-14-12;/h1-4,7-8H,5-6H2,(H2,13,14,16);1H/b15-11-;. The maximum absolute atomic E-state index is 4.38. The van der Waals surface area contributed by atoms with Crippen molar-refractivity contribution in [1.82, 2.24) is 9.97 Å². The first-order valence-corrected chi connectivity index (χ1v) is 5.34. The van der Waals surface area contributed by atoms with E-state index in [0.29, 0.717) is 5.95 Å². The average Bonchev–Trinajstić information content (AvgIpc) is 2.96. The van der Waals surface area contributed by atoms with Gasteiger partial charge in [-0.1, -0.05) is 24.3 Å². The summed E-state index contributed by atoms with van der Waals surface area (Å²) < 4.78 is 0. The van der Waals surface area contributed by atoms with E-state index in [0.717, 1.165) is 18.6 Å². The Morgan fingerprint density at radius 2 is 2.12 bits per heavy atom. The van der Waals surface area contributed by atoms with Crippen molar-refractivity contribution < 1.29 is 0 Å². The van der Waals surface area contributed by atoms with E-state index in [1.54, 1.807) is 12.4 Å². The summed E-state index contributed by atoms with van der Waals surface area (Å²) in [6.45, 7) is 0. The number of aryl methyl sites for hydroxylation is 1. The average molecular weight is 249 g/mol. The van der Waals surface area contributed by atoms with Gasteiger partial charge in [-0.15, -0.1) is 12.4 Å². The van der Waals surface area contributed by atoms with Crippen molar-refractivity contribution in [2.45, 2.75) is 12.8 Å². The molecule has 0 spiro atoms. The van der Waals surface area contributed by atoms with Crippen molar-refractivity contribution in [3.63, 3.8) is 0 Å². The Kier molecular flexibility index (Phi) is 3.44. The molecule has 4 nitrogen and oxygen atoms in total. The SMILES string of the molecule is Cl.c1ccc2c(c1)CC/C2=N/Nc1ncc[nH]1. The first kappa shape index (κ1) is 11.7. The number of aromatic nitrogens is 2. The van der Waals surface area contributed by atoms with Crippen molar-refractivity contribution in [2.24, 2.45) is 5.10 Å². The molecular formula is C12H13ClN4. The number of hydrazone groups is 1. The fraction of sp³-hybridized carbons (Fsp3) is 0.167. The normalized spacial score (nSPS) is 15.4. The van der Waals surface area contributed by atoms with Crippen LogP contribution in [0.1, 0.15) is 17.5 Å². The molecule has 0 unspecified atom stereocenters. The molecule has 2 N–H and O–H groups in total. The highest BCUT2D eigenvalue weighted by molar-refractivity contribution is 6.04. The number of H-pyrrole nitrogens is 1. The molecule has 17 heavy (non-hydrogen) atoms. The van der Waals surface area contributed by atoms with Crippen molar-refractivity contribution in [3.05, 3.63) is 47.8 Å². The Labute approximate surface area is 106 Å². The van der Waals surface area contributed by atoms with Crippen LogP contribution in [0.5, 0.6) is 0 Å². The molecule has 3 rings (SSSR count). The summed E-state index contributed by atoms with van der Waals surface area (Å²) in [4.78, 5) is 7.02. The second-order valence-electron chi connectivity index (χ2n) is 3.77. The van der Waals surface area contributed by atoms with E-state index in [-0.39, 0.29) is 12.4 Å². The lowest BCUT2D eigenvalue weighted by Crippen LogP contribution is -2.00. The molecule has 0 atom stereocenters. The predicted molar refractivity (Wildman–Crippen MR) is 70.8 cm³/mol. The van der Waals surface area contributed by atoms with Gasteiger partial charge in [-0.05, 0) is 18.4 Å². The van der Waals surface area contributed by atoms with Gasteiger partial charge in [-0.3, -0.25) is 0 Å². The van der Waals surface area contributed by atoms with Gasteiger partial charge in [0.2, 0.25) is 5.95 Å². The Balaban J connectivity index is 0.00000108. The van der Waals surface area contributed by atoms with Crippen molar-refractivity contribution >= 4 is 24.1 Å². The summed E-state index contributed by atoms with van der Waals surface area (Å²) in [5.41, 5.74) is 6.66. The van der Waals surface area contributed by atoms with Gasteiger partial charge in [0.1, 0.15) is 0 Å². The van der Waals surface area contributed by atoms with Gasteiger partial charge >= 0.3 is 0 Å². The van der Waals surface area contributed by atoms with Crippen LogP contribution in [0, 0.1) is 0 Å². The molecule has 0 radical (unpaired) electrons. The minimum absolute atomic E-state index is 0. The van der Waals surface area contributed by atoms with E-state index in [2.05, 4.69) is 38.7 Å². The summed E-state index contributed by atoms with van der Waals surface area (Å²) >= 11 is 0. The van der Waals surface area contributed by atoms with Gasteiger partial charge in [-0.25, -0.2) is 10.4 Å². The zero-order valence-corrected chi connectivity index (χ0v) is 10.00. The van der Waals surface area contributed by atoms with Gasteiger partial charge in [0, 0.05) is 18.0 Å². The number of hydrogen-bond acceptors (Lipinski definition) is 3. The number of fused-ring (bicyclic) bond motifs is 1. The molecule has 1 aliphatic carbocycles. The maximum atomic E-state index is 4.38. The number of benzene rings is 1. The molecule has 0 aliphatic heterocycles. The van der Waals surface area contributed by atoms with Gasteiger partial charge < -0.3 is 4.98 Å². The van der Waals surface area contributed by atoms with Crippen molar-refractivity contribution in [2.75, 3.05) is 5.43 Å². The number of aromatic amines is 1. The van der Waals surface area contributed by atoms with Gasteiger partial charge in [-0.2, -0.15) is 5.10 Å². The van der Waals surface area contributed by atoms with Crippen LogP contribution in [0.25, 0.3) is 0 Å². The molecule has 0 amide bonds. The molecule has 5 heteroatoms. The Morgan fingerprint density at radius 1 is 1.24 bits per heavy atom. The molecule has 0 bridgehead atoms. The maximum Gasteiger partial charge on any atom is 0.220 e. The Bertz CT molecular complexity index is 519. The lowest BCUT2D eigenvalue weighted by atomic mass is 10.1. The zero-order chi connectivity index (χ0) is 10.8. The third-order valence-corrected chi connectivity index (χ3v) is 2.75. The third-order valence-electron chi connectivity index (χ3n) is 2.75. The number of imidazole rings is 1. The monoisotopic (exact) mass is 248 g/mol. The molecule has 1 aromatic carbocycles. The highest BCUT2D eigenvalue weighted by atomic mass is 35.5. The number of nitrogens with one attached hydrogen (secondary N) is 2. The molecule has 0 saturated heterocycles. The lowest BCUT2D eigenvalue weighted by molar-refractivity contribution is 1.08. The number of hydrogen-bond donors (Lipinski definition) is 2. The van der Waals surface area contributed by atoms with Crippen molar-refractivity contribution in [1.29, 1.82) is 0 Å². The van der Waals surface area contributed by atoms with Crippen LogP contribution in [-0.2, 0) is 6.42 Å². The predicted octanol–water partition coefficient (Wildman–Crippen LogP) is 2.59. The summed E-state index contributed by atoms with van der Waals surface area (Å²) in [6.07, 6.45) is 5.54. The number of anilines is 1. The first-order chi connectivity index (χ1) is 7.93. The number of nitrogens with zero attached hydrogens (tertiary/aromatic N) is 2. The fourth-order valence-corrected chi connectivity index (χ4v) is 1.97. The fourth-order valence-electron chi connectivity index (χ4n) is 1.97. The Morgan fingerprint density at radius 3 is 2.94 bits per heavy atom. The van der Waals surface area contributed by atoms with Gasteiger partial charge in [0.25, 0.3) is 0 Å². The molecular weight excluding hydrogens is 236 g/mol. The molecule has 0 saturated carbocycles. The quantitative estimate of drug-likeness (QED) is 0.803. The van der Waals surface area contributed by atoms with Crippen LogP contribution < -0.4 is 5.43 Å². The second-order valence-corrected chi connectivity index (χ2v) is 3.77. The molecule has 1 aliphatic rings. The van der Waals surface area contributed by atoms with Crippen LogP contribution in [0.4, 0.5) is 5.95 Å². The van der Waals surface area contributed by atoms with Gasteiger partial charge in [0.05, 0.1) is 5.71 Å². The second kappa shape index (κ2) is 5.01. The van der Waals surface area contributed by atoms with Crippen molar-refractivity contribution in [3.8, 4) is 0 Å². The van der Waals surface area contributed by atoms with E-state index in [1.807, 2.05) is 6.07 Å². The van der Waals surface area contributed by atoms with E-state index in [4.69, 9.17) is 0 Å². The molecule has 2 aromatic rings. The minimum Gasteiger partial charge on any atom is -0.330 e. The number of halogens is 1. The molecule has 1 aromatic heterocycles. The number of rotatable bonds is 2. The summed E-state index contributed by atoms with van der Waals surface area (Å²) in [6, 6.07) is 8.39. The summed E-state index contributed by atoms with van der Waals surface area (Å²) in [5, 5.41) is 4.38. The van der Waals surface area contributed by atoms with Crippen LogP contribution in [-0.4, -0.2) is 15.7 Å². The van der Waals surface area contributed by atoms with E-state index >= 15 is 0 Å². The lowest BCUT2D eigenvalue weighted by Gasteiger charge is -2.00. The van der Waals surface area contributed by atoms with Crippen LogP contribution in [0.15, 0.2) is 41.8 Å². The molecule has 1 heterocycles. The first-order valence-electron chi connectivity index (χ1n) is 5.34. The Hall–Kier alpha value is -1.81.